The summed E-state index contributed by atoms with van der Waals surface area (Å²) in [5.74, 6) is 1.74. The van der Waals surface area contributed by atoms with Gasteiger partial charge in [0, 0.05) is 37.5 Å². The van der Waals surface area contributed by atoms with Gasteiger partial charge in [0.1, 0.15) is 5.82 Å². The van der Waals surface area contributed by atoms with Crippen molar-refractivity contribution in [2.24, 2.45) is 5.92 Å². The molecule has 1 atom stereocenters. The lowest BCUT2D eigenvalue weighted by Crippen LogP contribution is -2.35. The van der Waals surface area contributed by atoms with Crippen molar-refractivity contribution in [3.63, 3.8) is 0 Å². The number of aromatic amines is 1. The molecular weight excluding hydrogens is 286 g/mol. The molecule has 1 aromatic carbocycles. The molecule has 0 aliphatic heterocycles. The van der Waals surface area contributed by atoms with Gasteiger partial charge in [-0.05, 0) is 18.4 Å². The normalized spacial score (nSPS) is 17.1. The topological polar surface area (TPSA) is 49.0 Å². The molecule has 4 heteroatoms. The van der Waals surface area contributed by atoms with Gasteiger partial charge < -0.3 is 9.88 Å². The molecule has 1 aliphatic rings. The Bertz CT molecular complexity index is 675. The van der Waals surface area contributed by atoms with E-state index in [0.717, 1.165) is 36.5 Å². The Morgan fingerprint density at radius 1 is 1.35 bits per heavy atom. The molecule has 1 amide bonds. The second kappa shape index (κ2) is 6.57. The maximum atomic E-state index is 12.7. The van der Waals surface area contributed by atoms with Crippen molar-refractivity contribution in [1.82, 2.24) is 14.9 Å². The van der Waals surface area contributed by atoms with Gasteiger partial charge in [0.2, 0.25) is 5.91 Å². The zero-order valence-corrected chi connectivity index (χ0v) is 14.2. The van der Waals surface area contributed by atoms with Crippen molar-refractivity contribution >= 4 is 5.91 Å². The van der Waals surface area contributed by atoms with E-state index in [4.69, 9.17) is 0 Å². The number of H-pyrrole nitrogens is 1. The van der Waals surface area contributed by atoms with Crippen LogP contribution in [-0.4, -0.2) is 27.8 Å². The zero-order valence-electron chi connectivity index (χ0n) is 14.2. The number of imidazole rings is 1. The van der Waals surface area contributed by atoms with Gasteiger partial charge in [0.15, 0.2) is 0 Å². The Kier molecular flexibility index (Phi) is 4.51. The molecule has 1 N–H and O–H groups in total. The second-order valence-electron chi connectivity index (χ2n) is 6.82. The Balaban J connectivity index is 1.66. The summed E-state index contributed by atoms with van der Waals surface area (Å²) in [4.78, 5) is 22.7. The number of hydrogen-bond donors (Lipinski definition) is 1. The molecule has 0 radical (unpaired) electrons. The maximum absolute atomic E-state index is 12.7. The van der Waals surface area contributed by atoms with E-state index in [0.29, 0.717) is 12.5 Å². The van der Waals surface area contributed by atoms with E-state index >= 15 is 0 Å². The minimum Gasteiger partial charge on any atom is -0.345 e. The summed E-state index contributed by atoms with van der Waals surface area (Å²) in [6, 6.07) is 10.1. The fourth-order valence-electron chi connectivity index (χ4n) is 3.23. The van der Waals surface area contributed by atoms with Crippen molar-refractivity contribution in [3.8, 4) is 0 Å². The lowest BCUT2D eigenvalue weighted by molar-refractivity contribution is -0.135. The average molecular weight is 311 g/mol. The SMILES string of the molecule is CC(C)c1nc2c([nH]1)CC(C(=O)N(C)Cc1ccccc1)CC2. The minimum absolute atomic E-state index is 0.0664. The third-order valence-corrected chi connectivity index (χ3v) is 4.60. The monoisotopic (exact) mass is 311 g/mol. The quantitative estimate of drug-likeness (QED) is 0.942. The largest absolute Gasteiger partial charge is 0.345 e. The number of carbonyl (C=O) groups excluding carboxylic acids is 1. The Morgan fingerprint density at radius 3 is 2.78 bits per heavy atom. The number of nitrogens with zero attached hydrogens (tertiary/aromatic N) is 2. The fraction of sp³-hybridized carbons (Fsp3) is 0.474. The summed E-state index contributed by atoms with van der Waals surface area (Å²) in [5.41, 5.74) is 3.48. The highest BCUT2D eigenvalue weighted by molar-refractivity contribution is 5.79. The first-order valence-corrected chi connectivity index (χ1v) is 8.41. The predicted molar refractivity (Wildman–Crippen MR) is 91.1 cm³/mol. The van der Waals surface area contributed by atoms with Crippen LogP contribution in [0.2, 0.25) is 0 Å². The molecule has 23 heavy (non-hydrogen) atoms. The molecule has 0 fully saturated rings. The highest BCUT2D eigenvalue weighted by Gasteiger charge is 2.29. The number of benzene rings is 1. The van der Waals surface area contributed by atoms with Gasteiger partial charge in [-0.1, -0.05) is 44.2 Å². The van der Waals surface area contributed by atoms with E-state index in [2.05, 4.69) is 35.9 Å². The molecule has 0 saturated carbocycles. The fourth-order valence-corrected chi connectivity index (χ4v) is 3.23. The molecule has 4 nitrogen and oxygen atoms in total. The molecule has 3 rings (SSSR count). The van der Waals surface area contributed by atoms with E-state index in [1.54, 1.807) is 0 Å². The van der Waals surface area contributed by atoms with Crippen LogP contribution in [0, 0.1) is 5.92 Å². The molecule has 0 spiro atoms. The molecule has 1 unspecified atom stereocenters. The maximum Gasteiger partial charge on any atom is 0.226 e. The van der Waals surface area contributed by atoms with Crippen molar-refractivity contribution < 1.29 is 4.79 Å². The van der Waals surface area contributed by atoms with Gasteiger partial charge in [-0.3, -0.25) is 4.79 Å². The van der Waals surface area contributed by atoms with Crippen LogP contribution in [0.4, 0.5) is 0 Å². The van der Waals surface area contributed by atoms with Gasteiger partial charge in [-0.25, -0.2) is 4.98 Å². The first-order valence-electron chi connectivity index (χ1n) is 8.41. The molecule has 0 bridgehead atoms. The molecule has 1 aromatic heterocycles. The average Bonchev–Trinajstić information content (AvgIpc) is 2.98. The number of amides is 1. The summed E-state index contributed by atoms with van der Waals surface area (Å²) in [6.07, 6.45) is 2.58. The predicted octanol–water partition coefficient (Wildman–Crippen LogP) is 3.30. The highest BCUT2D eigenvalue weighted by Crippen LogP contribution is 2.27. The summed E-state index contributed by atoms with van der Waals surface area (Å²) in [6.45, 7) is 4.95. The molecule has 1 aliphatic carbocycles. The summed E-state index contributed by atoms with van der Waals surface area (Å²) in [7, 11) is 1.90. The van der Waals surface area contributed by atoms with Crippen LogP contribution in [0.25, 0.3) is 0 Å². The van der Waals surface area contributed by atoms with Crippen LogP contribution in [0.1, 0.15) is 49.0 Å². The van der Waals surface area contributed by atoms with E-state index in [1.807, 2.05) is 30.1 Å². The number of nitrogens with one attached hydrogen (secondary N) is 1. The standard InChI is InChI=1S/C19H25N3O/c1-13(2)18-20-16-10-9-15(11-17(16)21-18)19(23)22(3)12-14-7-5-4-6-8-14/h4-8,13,15H,9-12H2,1-3H3,(H,20,21). The van der Waals surface area contributed by atoms with Crippen LogP contribution >= 0.6 is 0 Å². The lowest BCUT2D eigenvalue weighted by Gasteiger charge is -2.26. The smallest absolute Gasteiger partial charge is 0.226 e. The number of aryl methyl sites for hydroxylation is 1. The molecule has 122 valence electrons. The number of fused-ring (bicyclic) bond motifs is 1. The first kappa shape index (κ1) is 15.8. The van der Waals surface area contributed by atoms with E-state index in [1.165, 1.54) is 5.56 Å². The number of rotatable bonds is 4. The molecule has 1 heterocycles. The van der Waals surface area contributed by atoms with E-state index in [-0.39, 0.29) is 11.8 Å². The van der Waals surface area contributed by atoms with Crippen LogP contribution in [-0.2, 0) is 24.2 Å². The highest BCUT2D eigenvalue weighted by atomic mass is 16.2. The first-order chi connectivity index (χ1) is 11.0. The van der Waals surface area contributed by atoms with Crippen molar-refractivity contribution in [1.29, 1.82) is 0 Å². The van der Waals surface area contributed by atoms with E-state index < -0.39 is 0 Å². The van der Waals surface area contributed by atoms with Gasteiger partial charge in [-0.15, -0.1) is 0 Å². The summed E-state index contributed by atoms with van der Waals surface area (Å²) >= 11 is 0. The Morgan fingerprint density at radius 2 is 2.09 bits per heavy atom. The van der Waals surface area contributed by atoms with E-state index in [9.17, 15) is 4.79 Å². The zero-order chi connectivity index (χ0) is 16.4. The summed E-state index contributed by atoms with van der Waals surface area (Å²) < 4.78 is 0. The van der Waals surface area contributed by atoms with Crippen LogP contribution < -0.4 is 0 Å². The number of hydrogen-bond acceptors (Lipinski definition) is 2. The van der Waals surface area contributed by atoms with Crippen LogP contribution in [0.5, 0.6) is 0 Å². The Hall–Kier alpha value is -2.10. The second-order valence-corrected chi connectivity index (χ2v) is 6.82. The Labute approximate surface area is 137 Å². The van der Waals surface area contributed by atoms with Crippen LogP contribution in [0.15, 0.2) is 30.3 Å². The number of aromatic nitrogens is 2. The van der Waals surface area contributed by atoms with Crippen molar-refractivity contribution in [2.75, 3.05) is 7.05 Å². The molecular formula is C19H25N3O. The number of carbonyl (C=O) groups is 1. The third kappa shape index (κ3) is 3.46. The van der Waals surface area contributed by atoms with Gasteiger partial charge >= 0.3 is 0 Å². The lowest BCUT2D eigenvalue weighted by atomic mass is 9.89. The summed E-state index contributed by atoms with van der Waals surface area (Å²) in [5, 5.41) is 0. The molecule has 2 aromatic rings. The van der Waals surface area contributed by atoms with Gasteiger partial charge in [0.25, 0.3) is 0 Å². The van der Waals surface area contributed by atoms with Gasteiger partial charge in [0.05, 0.1) is 5.69 Å². The van der Waals surface area contributed by atoms with Crippen LogP contribution in [0.3, 0.4) is 0 Å². The third-order valence-electron chi connectivity index (χ3n) is 4.60. The van der Waals surface area contributed by atoms with Gasteiger partial charge in [-0.2, -0.15) is 0 Å². The van der Waals surface area contributed by atoms with Crippen molar-refractivity contribution in [2.45, 2.75) is 45.6 Å². The molecule has 0 saturated heterocycles. The van der Waals surface area contributed by atoms with Crippen molar-refractivity contribution in [3.05, 3.63) is 53.1 Å². The minimum atomic E-state index is 0.0664.